The molecule has 0 radical (unpaired) electrons. The van der Waals surface area contributed by atoms with Crippen LogP contribution in [0.3, 0.4) is 0 Å². The summed E-state index contributed by atoms with van der Waals surface area (Å²) in [6.45, 7) is 7.31. The van der Waals surface area contributed by atoms with E-state index in [2.05, 4.69) is 79.3 Å². The Balaban J connectivity index is 1.19. The van der Waals surface area contributed by atoms with Crippen molar-refractivity contribution in [2.45, 2.75) is 78.2 Å². The number of allylic oxidation sites excluding steroid dienone is 1. The van der Waals surface area contributed by atoms with Gasteiger partial charge in [0.2, 0.25) is 4.80 Å². The van der Waals surface area contributed by atoms with Gasteiger partial charge in [-0.1, -0.05) is 43.7 Å². The fraction of sp³-hybridized carbons (Fsp3) is 0.514. The predicted molar refractivity (Wildman–Crippen MR) is 176 cm³/mol. The Morgan fingerprint density at radius 1 is 0.977 bits per heavy atom. The first-order valence-corrected chi connectivity index (χ1v) is 17.1. The predicted octanol–water partition coefficient (Wildman–Crippen LogP) is 8.43. The molecule has 1 heterocycles. The van der Waals surface area contributed by atoms with Gasteiger partial charge in [-0.3, -0.25) is 4.57 Å². The molecular weight excluding hydrogens is 550 g/mol. The maximum atomic E-state index is 10.4. The first-order chi connectivity index (χ1) is 20.8. The van der Waals surface area contributed by atoms with Crippen molar-refractivity contribution in [2.75, 3.05) is 7.11 Å². The van der Waals surface area contributed by atoms with Crippen molar-refractivity contribution in [1.82, 2.24) is 4.57 Å². The SMILES string of the molecule is COc1ccc(-c2cs/c(=N\N=C(/C)[C@H]3CC[C@H]4[C@@H]5CC=C6C[C@@H](O)CC[C@]6(C)[C@H]5CC[C@]34C)n2-c2ccccc2)cc1. The average Bonchev–Trinajstić information content (AvgIpc) is 3.62. The van der Waals surface area contributed by atoms with Crippen LogP contribution in [0.1, 0.15) is 72.1 Å². The van der Waals surface area contributed by atoms with Crippen LogP contribution >= 0.6 is 11.3 Å². The number of ether oxygens (including phenoxy) is 1. The van der Waals surface area contributed by atoms with Crippen molar-refractivity contribution in [2.24, 2.45) is 44.7 Å². The maximum absolute atomic E-state index is 10.4. The number of fused-ring (bicyclic) bond motifs is 5. The van der Waals surface area contributed by atoms with Gasteiger partial charge in [0.15, 0.2) is 0 Å². The number of hydrogen-bond donors (Lipinski definition) is 1. The second-order valence-corrected chi connectivity index (χ2v) is 14.8. The second kappa shape index (κ2) is 11.2. The molecule has 7 rings (SSSR count). The second-order valence-electron chi connectivity index (χ2n) is 14.0. The van der Waals surface area contributed by atoms with E-state index in [1.165, 1.54) is 37.8 Å². The van der Waals surface area contributed by atoms with Crippen LogP contribution in [-0.2, 0) is 0 Å². The molecule has 7 atom stereocenters. The van der Waals surface area contributed by atoms with E-state index in [9.17, 15) is 5.11 Å². The lowest BCUT2D eigenvalue weighted by Crippen LogP contribution is -2.50. The minimum absolute atomic E-state index is 0.139. The van der Waals surface area contributed by atoms with Crippen molar-refractivity contribution in [3.63, 3.8) is 0 Å². The zero-order chi connectivity index (χ0) is 29.8. The summed E-state index contributed by atoms with van der Waals surface area (Å²) < 4.78 is 7.62. The number of hydrogen-bond acceptors (Lipinski definition) is 5. The number of aliphatic hydroxyl groups excluding tert-OH is 1. The molecule has 43 heavy (non-hydrogen) atoms. The highest BCUT2D eigenvalue weighted by Crippen LogP contribution is 2.66. The molecule has 5 nitrogen and oxygen atoms in total. The first-order valence-electron chi connectivity index (χ1n) is 16.2. The van der Waals surface area contributed by atoms with Crippen LogP contribution in [0.15, 0.2) is 81.8 Å². The summed E-state index contributed by atoms with van der Waals surface area (Å²) in [6.07, 6.45) is 11.7. The number of thiazole rings is 1. The number of nitrogens with zero attached hydrogens (tertiary/aromatic N) is 3. The van der Waals surface area contributed by atoms with Crippen LogP contribution in [0.5, 0.6) is 5.75 Å². The monoisotopic (exact) mass is 595 g/mol. The highest BCUT2D eigenvalue weighted by molar-refractivity contribution is 7.07. The van der Waals surface area contributed by atoms with E-state index < -0.39 is 0 Å². The molecule has 0 saturated heterocycles. The van der Waals surface area contributed by atoms with Gasteiger partial charge in [-0.15, -0.1) is 16.4 Å². The quantitative estimate of drug-likeness (QED) is 0.183. The number of methoxy groups -OCH3 is 1. The molecular formula is C37H45N3O2S. The van der Waals surface area contributed by atoms with Gasteiger partial charge in [0.1, 0.15) is 5.75 Å². The van der Waals surface area contributed by atoms with Crippen LogP contribution < -0.4 is 9.54 Å². The van der Waals surface area contributed by atoms with E-state index in [0.29, 0.717) is 5.92 Å². The summed E-state index contributed by atoms with van der Waals surface area (Å²) in [5.41, 5.74) is 6.61. The summed E-state index contributed by atoms with van der Waals surface area (Å²) in [4.78, 5) is 0.886. The fourth-order valence-corrected chi connectivity index (χ4v) is 10.5. The number of aromatic nitrogens is 1. The number of benzene rings is 2. The van der Waals surface area contributed by atoms with Gasteiger partial charge in [0.05, 0.1) is 18.9 Å². The molecule has 0 bridgehead atoms. The molecule has 2 aromatic carbocycles. The maximum Gasteiger partial charge on any atom is 0.215 e. The van der Waals surface area contributed by atoms with E-state index in [4.69, 9.17) is 14.9 Å². The number of rotatable bonds is 5. The molecule has 1 aromatic heterocycles. The molecule has 4 aliphatic rings. The van der Waals surface area contributed by atoms with E-state index in [0.717, 1.165) is 64.5 Å². The summed E-state index contributed by atoms with van der Waals surface area (Å²) in [5, 5.41) is 22.5. The number of aliphatic hydroxyl groups is 1. The first kappa shape index (κ1) is 28.8. The fourth-order valence-electron chi connectivity index (χ4n) is 9.69. The molecule has 0 spiro atoms. The number of para-hydroxylation sites is 1. The Morgan fingerprint density at radius 3 is 2.53 bits per heavy atom. The standard InChI is InChI=1S/C37H45N3O2S/c1-24(31-16-17-32-30-15-12-26-22-28(41)18-20-36(26,2)33(30)19-21-37(31,32)3)38-39-35-40(27-8-6-5-7-9-27)34(23-43-35)25-10-13-29(42-4)14-11-25/h5-14,23,28,30-33,41H,15-22H2,1-4H3/b38-24+,39-35-/t28-,30-,31+,32-,33-,36-,37+/m0/s1. The van der Waals surface area contributed by atoms with Crippen molar-refractivity contribution in [3.8, 4) is 22.7 Å². The molecule has 3 fully saturated rings. The molecule has 0 aliphatic heterocycles. The highest BCUT2D eigenvalue weighted by atomic mass is 32.1. The lowest BCUT2D eigenvalue weighted by molar-refractivity contribution is -0.0423. The van der Waals surface area contributed by atoms with Crippen molar-refractivity contribution >= 4 is 17.0 Å². The van der Waals surface area contributed by atoms with Gasteiger partial charge in [0, 0.05) is 22.7 Å². The molecule has 3 aromatic rings. The van der Waals surface area contributed by atoms with E-state index >= 15 is 0 Å². The van der Waals surface area contributed by atoms with Crippen LogP contribution in [0.25, 0.3) is 16.9 Å². The summed E-state index contributed by atoms with van der Waals surface area (Å²) >= 11 is 1.64. The lowest BCUT2D eigenvalue weighted by Gasteiger charge is -2.58. The molecule has 226 valence electrons. The zero-order valence-corrected chi connectivity index (χ0v) is 26.8. The molecule has 0 amide bonds. The summed E-state index contributed by atoms with van der Waals surface area (Å²) in [5.74, 6) is 3.57. The largest absolute Gasteiger partial charge is 0.497 e. The van der Waals surface area contributed by atoms with Crippen LogP contribution in [-0.4, -0.2) is 28.6 Å². The van der Waals surface area contributed by atoms with Crippen molar-refractivity contribution in [3.05, 3.63) is 76.4 Å². The average molecular weight is 596 g/mol. The molecule has 6 heteroatoms. The molecule has 0 unspecified atom stereocenters. The van der Waals surface area contributed by atoms with Gasteiger partial charge in [-0.2, -0.15) is 5.10 Å². The Morgan fingerprint density at radius 2 is 1.77 bits per heavy atom. The smallest absolute Gasteiger partial charge is 0.215 e. The summed E-state index contributed by atoms with van der Waals surface area (Å²) in [6, 6.07) is 18.7. The third kappa shape index (κ3) is 4.85. The van der Waals surface area contributed by atoms with Gasteiger partial charge in [0.25, 0.3) is 0 Å². The topological polar surface area (TPSA) is 59.1 Å². The molecule has 4 aliphatic carbocycles. The third-order valence-electron chi connectivity index (χ3n) is 12.0. The Kier molecular flexibility index (Phi) is 7.49. The third-order valence-corrected chi connectivity index (χ3v) is 12.8. The van der Waals surface area contributed by atoms with Crippen LogP contribution in [0.2, 0.25) is 0 Å². The summed E-state index contributed by atoms with van der Waals surface area (Å²) in [7, 11) is 1.70. The highest BCUT2D eigenvalue weighted by Gasteiger charge is 2.59. The molecule has 3 saturated carbocycles. The minimum atomic E-state index is -0.139. The van der Waals surface area contributed by atoms with Gasteiger partial charge in [-0.25, -0.2) is 0 Å². The van der Waals surface area contributed by atoms with Crippen molar-refractivity contribution in [1.29, 1.82) is 0 Å². The Labute approximate surface area is 260 Å². The zero-order valence-electron chi connectivity index (χ0n) is 26.0. The van der Waals surface area contributed by atoms with Gasteiger partial charge < -0.3 is 9.84 Å². The van der Waals surface area contributed by atoms with E-state index in [1.54, 1.807) is 24.0 Å². The Bertz CT molecular complexity index is 1600. The van der Waals surface area contributed by atoms with Gasteiger partial charge in [-0.05, 0) is 129 Å². The van der Waals surface area contributed by atoms with Gasteiger partial charge >= 0.3 is 0 Å². The van der Waals surface area contributed by atoms with Crippen LogP contribution in [0, 0.1) is 34.5 Å². The normalized spacial score (nSPS) is 34.3. The van der Waals surface area contributed by atoms with E-state index in [1.807, 2.05) is 12.1 Å². The minimum Gasteiger partial charge on any atom is -0.497 e. The Hall–Kier alpha value is -2.96. The van der Waals surface area contributed by atoms with E-state index in [-0.39, 0.29) is 16.9 Å². The molecule has 1 N–H and O–H groups in total. The lowest BCUT2D eigenvalue weighted by atomic mass is 9.47. The van der Waals surface area contributed by atoms with Crippen molar-refractivity contribution < 1.29 is 9.84 Å². The van der Waals surface area contributed by atoms with Crippen LogP contribution in [0.4, 0.5) is 0 Å².